The summed E-state index contributed by atoms with van der Waals surface area (Å²) in [4.78, 5) is 13.3. The molecule has 3 heteroatoms. The SMILES string of the molecule is CCc1ccc(NC(=O)c2csc(C)c2C)cc1. The third kappa shape index (κ3) is 2.62. The topological polar surface area (TPSA) is 29.1 Å². The quantitative estimate of drug-likeness (QED) is 0.880. The number of aryl methyl sites for hydroxylation is 2. The predicted octanol–water partition coefficient (Wildman–Crippen LogP) is 4.18. The molecule has 0 spiro atoms. The number of hydrogen-bond donors (Lipinski definition) is 1. The average Bonchev–Trinajstić information content (AvgIpc) is 2.71. The van der Waals surface area contributed by atoms with Crippen molar-refractivity contribution in [2.45, 2.75) is 27.2 Å². The van der Waals surface area contributed by atoms with Crippen LogP contribution in [0.3, 0.4) is 0 Å². The van der Waals surface area contributed by atoms with Crippen LogP contribution in [0, 0.1) is 13.8 Å². The van der Waals surface area contributed by atoms with Gasteiger partial charge in [0.25, 0.3) is 5.91 Å². The van der Waals surface area contributed by atoms with Crippen molar-refractivity contribution < 1.29 is 4.79 Å². The minimum Gasteiger partial charge on any atom is -0.322 e. The fourth-order valence-corrected chi connectivity index (χ4v) is 2.62. The van der Waals surface area contributed by atoms with E-state index in [1.165, 1.54) is 10.4 Å². The first-order chi connectivity index (χ1) is 8.61. The van der Waals surface area contributed by atoms with Gasteiger partial charge in [-0.1, -0.05) is 19.1 Å². The van der Waals surface area contributed by atoms with E-state index in [0.717, 1.165) is 23.2 Å². The third-order valence-electron chi connectivity index (χ3n) is 3.15. The van der Waals surface area contributed by atoms with Crippen molar-refractivity contribution in [3.05, 3.63) is 51.2 Å². The highest BCUT2D eigenvalue weighted by atomic mass is 32.1. The van der Waals surface area contributed by atoms with Crippen molar-refractivity contribution in [3.8, 4) is 0 Å². The summed E-state index contributed by atoms with van der Waals surface area (Å²) < 4.78 is 0. The molecule has 18 heavy (non-hydrogen) atoms. The maximum Gasteiger partial charge on any atom is 0.256 e. The Morgan fingerprint density at radius 2 is 1.89 bits per heavy atom. The van der Waals surface area contributed by atoms with E-state index < -0.39 is 0 Å². The molecule has 0 fully saturated rings. The Balaban J connectivity index is 2.13. The Hall–Kier alpha value is -1.61. The normalized spacial score (nSPS) is 10.4. The summed E-state index contributed by atoms with van der Waals surface area (Å²) in [5.74, 6) is -0.0268. The van der Waals surface area contributed by atoms with E-state index in [2.05, 4.69) is 12.2 Å². The summed E-state index contributed by atoms with van der Waals surface area (Å²) >= 11 is 1.62. The lowest BCUT2D eigenvalue weighted by Crippen LogP contribution is -2.12. The fraction of sp³-hybridized carbons (Fsp3) is 0.267. The third-order valence-corrected chi connectivity index (χ3v) is 4.16. The molecule has 0 unspecified atom stereocenters. The van der Waals surface area contributed by atoms with Crippen molar-refractivity contribution in [1.82, 2.24) is 0 Å². The number of anilines is 1. The first-order valence-electron chi connectivity index (χ1n) is 6.06. The van der Waals surface area contributed by atoms with Gasteiger partial charge in [-0.2, -0.15) is 0 Å². The second kappa shape index (κ2) is 5.36. The van der Waals surface area contributed by atoms with E-state index in [-0.39, 0.29) is 5.91 Å². The standard InChI is InChI=1S/C15H17NOS/c1-4-12-5-7-13(8-6-12)16-15(17)14-9-18-11(3)10(14)2/h5-9H,4H2,1-3H3,(H,16,17). The lowest BCUT2D eigenvalue weighted by Gasteiger charge is -2.06. The molecule has 2 aromatic rings. The molecule has 0 aliphatic heterocycles. The molecular formula is C15H17NOS. The first-order valence-corrected chi connectivity index (χ1v) is 6.94. The second-order valence-corrected chi connectivity index (χ2v) is 5.42. The Morgan fingerprint density at radius 3 is 2.39 bits per heavy atom. The van der Waals surface area contributed by atoms with Crippen molar-refractivity contribution in [1.29, 1.82) is 0 Å². The monoisotopic (exact) mass is 259 g/mol. The molecular weight excluding hydrogens is 242 g/mol. The van der Waals surface area contributed by atoms with E-state index in [9.17, 15) is 4.79 Å². The van der Waals surface area contributed by atoms with Crippen molar-refractivity contribution in [2.75, 3.05) is 5.32 Å². The number of nitrogens with one attached hydrogen (secondary N) is 1. The van der Waals surface area contributed by atoms with Crippen LogP contribution in [0.5, 0.6) is 0 Å². The molecule has 1 N–H and O–H groups in total. The second-order valence-electron chi connectivity index (χ2n) is 4.34. The lowest BCUT2D eigenvalue weighted by molar-refractivity contribution is 0.102. The van der Waals surface area contributed by atoms with Crippen LogP contribution in [0.25, 0.3) is 0 Å². The molecule has 94 valence electrons. The fourth-order valence-electron chi connectivity index (χ4n) is 1.76. The van der Waals surface area contributed by atoms with Gasteiger partial charge in [0.1, 0.15) is 0 Å². The van der Waals surface area contributed by atoms with Gasteiger partial charge in [0.2, 0.25) is 0 Å². The predicted molar refractivity (Wildman–Crippen MR) is 77.6 cm³/mol. The molecule has 0 bridgehead atoms. The van der Waals surface area contributed by atoms with Gasteiger partial charge in [0, 0.05) is 15.9 Å². The molecule has 1 heterocycles. The lowest BCUT2D eigenvalue weighted by atomic mass is 10.1. The van der Waals surface area contributed by atoms with Gasteiger partial charge in [-0.25, -0.2) is 0 Å². The Labute approximate surface area is 112 Å². The molecule has 1 aromatic heterocycles. The summed E-state index contributed by atoms with van der Waals surface area (Å²) in [5.41, 5.74) is 3.97. The zero-order valence-electron chi connectivity index (χ0n) is 10.9. The van der Waals surface area contributed by atoms with Gasteiger partial charge >= 0.3 is 0 Å². The number of hydrogen-bond acceptors (Lipinski definition) is 2. The number of rotatable bonds is 3. The smallest absolute Gasteiger partial charge is 0.256 e. The largest absolute Gasteiger partial charge is 0.322 e. The molecule has 2 rings (SSSR count). The minimum absolute atomic E-state index is 0.0268. The van der Waals surface area contributed by atoms with Gasteiger partial charge in [-0.05, 0) is 43.5 Å². The van der Waals surface area contributed by atoms with E-state index in [1.807, 2.05) is 43.5 Å². The number of thiophene rings is 1. The summed E-state index contributed by atoms with van der Waals surface area (Å²) in [6, 6.07) is 7.99. The summed E-state index contributed by atoms with van der Waals surface area (Å²) in [6.45, 7) is 6.14. The number of amides is 1. The average molecular weight is 259 g/mol. The van der Waals surface area contributed by atoms with Gasteiger partial charge in [-0.15, -0.1) is 11.3 Å². The van der Waals surface area contributed by atoms with E-state index in [1.54, 1.807) is 11.3 Å². The van der Waals surface area contributed by atoms with Gasteiger partial charge in [-0.3, -0.25) is 4.79 Å². The van der Waals surface area contributed by atoms with Crippen LogP contribution in [0.4, 0.5) is 5.69 Å². The Kier molecular flexibility index (Phi) is 3.82. The Bertz CT molecular complexity index is 554. The maximum absolute atomic E-state index is 12.1. The zero-order chi connectivity index (χ0) is 13.1. The summed E-state index contributed by atoms with van der Waals surface area (Å²) in [7, 11) is 0. The number of carbonyl (C=O) groups is 1. The highest BCUT2D eigenvalue weighted by Crippen LogP contribution is 2.21. The van der Waals surface area contributed by atoms with Crippen LogP contribution in [0.2, 0.25) is 0 Å². The summed E-state index contributed by atoms with van der Waals surface area (Å²) in [6.07, 6.45) is 1.01. The van der Waals surface area contributed by atoms with Crippen molar-refractivity contribution in [2.24, 2.45) is 0 Å². The molecule has 0 radical (unpaired) electrons. The molecule has 0 saturated heterocycles. The van der Waals surface area contributed by atoms with E-state index >= 15 is 0 Å². The molecule has 0 aliphatic rings. The highest BCUT2D eigenvalue weighted by molar-refractivity contribution is 7.10. The van der Waals surface area contributed by atoms with Crippen LogP contribution < -0.4 is 5.32 Å². The van der Waals surface area contributed by atoms with Crippen molar-refractivity contribution in [3.63, 3.8) is 0 Å². The van der Waals surface area contributed by atoms with Crippen LogP contribution in [0.15, 0.2) is 29.6 Å². The summed E-state index contributed by atoms with van der Waals surface area (Å²) in [5, 5.41) is 4.85. The van der Waals surface area contributed by atoms with Gasteiger partial charge < -0.3 is 5.32 Å². The molecule has 1 aromatic carbocycles. The van der Waals surface area contributed by atoms with E-state index in [4.69, 9.17) is 0 Å². The molecule has 0 saturated carbocycles. The van der Waals surface area contributed by atoms with Gasteiger partial charge in [0.05, 0.1) is 5.56 Å². The van der Waals surface area contributed by atoms with Crippen LogP contribution >= 0.6 is 11.3 Å². The molecule has 1 amide bonds. The van der Waals surface area contributed by atoms with Gasteiger partial charge in [0.15, 0.2) is 0 Å². The zero-order valence-corrected chi connectivity index (χ0v) is 11.7. The van der Waals surface area contributed by atoms with Crippen molar-refractivity contribution >= 4 is 22.9 Å². The molecule has 2 nitrogen and oxygen atoms in total. The molecule has 0 atom stereocenters. The highest BCUT2D eigenvalue weighted by Gasteiger charge is 2.12. The number of carbonyl (C=O) groups excluding carboxylic acids is 1. The number of benzene rings is 1. The van der Waals surface area contributed by atoms with Crippen LogP contribution in [-0.4, -0.2) is 5.91 Å². The maximum atomic E-state index is 12.1. The molecule has 0 aliphatic carbocycles. The van der Waals surface area contributed by atoms with E-state index in [0.29, 0.717) is 0 Å². The first kappa shape index (κ1) is 12.8. The Morgan fingerprint density at radius 1 is 1.22 bits per heavy atom. The minimum atomic E-state index is -0.0268. The van der Waals surface area contributed by atoms with Crippen LogP contribution in [-0.2, 0) is 6.42 Å². The van der Waals surface area contributed by atoms with Crippen LogP contribution in [0.1, 0.15) is 33.3 Å².